The summed E-state index contributed by atoms with van der Waals surface area (Å²) in [6.07, 6.45) is 3.24. The molecule has 1 aromatic rings. The second kappa shape index (κ2) is 7.11. The van der Waals surface area contributed by atoms with Gasteiger partial charge < -0.3 is 9.47 Å². The van der Waals surface area contributed by atoms with E-state index in [-0.39, 0.29) is 0 Å². The van der Waals surface area contributed by atoms with E-state index in [1.165, 1.54) is 5.56 Å². The van der Waals surface area contributed by atoms with E-state index in [2.05, 4.69) is 24.0 Å². The molecule has 0 unspecified atom stereocenters. The molecule has 0 amide bonds. The Morgan fingerprint density at radius 3 is 2.82 bits per heavy atom. The van der Waals surface area contributed by atoms with Gasteiger partial charge in [0.1, 0.15) is 0 Å². The summed E-state index contributed by atoms with van der Waals surface area (Å²) in [5.41, 5.74) is 1.23. The maximum absolute atomic E-state index is 5.57. The van der Waals surface area contributed by atoms with Gasteiger partial charge in [0.05, 0.1) is 19.3 Å². The number of ether oxygens (including phenoxy) is 2. The maximum Gasteiger partial charge on any atom is 0.0918 e. The second-order valence-corrected chi connectivity index (χ2v) is 4.15. The summed E-state index contributed by atoms with van der Waals surface area (Å²) in [7, 11) is 0. The van der Waals surface area contributed by atoms with Gasteiger partial charge in [0.15, 0.2) is 0 Å². The molecule has 0 radical (unpaired) electrons. The van der Waals surface area contributed by atoms with Gasteiger partial charge in [0.2, 0.25) is 0 Å². The van der Waals surface area contributed by atoms with Gasteiger partial charge in [-0.25, -0.2) is 0 Å². The minimum atomic E-state index is 0.428. The van der Waals surface area contributed by atoms with Crippen molar-refractivity contribution in [3.05, 3.63) is 35.9 Å². The van der Waals surface area contributed by atoms with Crippen LogP contribution in [-0.4, -0.2) is 19.3 Å². The average Bonchev–Trinajstić information content (AvgIpc) is 3.18. The van der Waals surface area contributed by atoms with Crippen LogP contribution in [0.5, 0.6) is 0 Å². The van der Waals surface area contributed by atoms with Crippen LogP contribution >= 0.6 is 0 Å². The third kappa shape index (κ3) is 5.53. The number of hydrogen-bond acceptors (Lipinski definition) is 2. The van der Waals surface area contributed by atoms with Crippen LogP contribution in [0.15, 0.2) is 30.3 Å². The van der Waals surface area contributed by atoms with Gasteiger partial charge in [0, 0.05) is 19.4 Å². The molecule has 0 aromatic heterocycles. The van der Waals surface area contributed by atoms with Gasteiger partial charge in [0.25, 0.3) is 0 Å². The predicted molar refractivity (Wildman–Crippen MR) is 67.5 cm³/mol. The van der Waals surface area contributed by atoms with E-state index >= 15 is 0 Å². The standard InChI is InChI=1S/C15H18O2/c1(6-10-15-13-17-15)2-7-11-16-12-14-8-4-3-5-9-14/h3-5,8-9,15H,2,7,10-13H2/t15-/m1/s1. The second-order valence-electron chi connectivity index (χ2n) is 4.15. The molecular weight excluding hydrogens is 212 g/mol. The molecule has 1 aromatic carbocycles. The molecule has 0 bridgehead atoms. The molecule has 0 saturated carbocycles. The SMILES string of the molecule is C(#CC[C@@H]1CO1)CCCOCc1ccccc1. The Bertz CT molecular complexity index is 371. The summed E-state index contributed by atoms with van der Waals surface area (Å²) in [4.78, 5) is 0. The van der Waals surface area contributed by atoms with Crippen molar-refractivity contribution in [3.8, 4) is 11.8 Å². The highest BCUT2D eigenvalue weighted by Gasteiger charge is 2.20. The third-order valence-corrected chi connectivity index (χ3v) is 2.56. The first-order valence-electron chi connectivity index (χ1n) is 6.14. The highest BCUT2D eigenvalue weighted by molar-refractivity contribution is 5.13. The van der Waals surface area contributed by atoms with Gasteiger partial charge >= 0.3 is 0 Å². The van der Waals surface area contributed by atoms with Gasteiger partial charge in [-0.3, -0.25) is 0 Å². The smallest absolute Gasteiger partial charge is 0.0918 e. The first kappa shape index (κ1) is 12.2. The van der Waals surface area contributed by atoms with Crippen molar-refractivity contribution < 1.29 is 9.47 Å². The maximum atomic E-state index is 5.57. The summed E-state index contributed by atoms with van der Waals surface area (Å²) < 4.78 is 10.6. The number of epoxide rings is 1. The minimum Gasteiger partial charge on any atom is -0.377 e. The Morgan fingerprint density at radius 2 is 2.06 bits per heavy atom. The van der Waals surface area contributed by atoms with Gasteiger partial charge in [-0.05, 0) is 12.0 Å². The molecule has 1 fully saturated rings. The van der Waals surface area contributed by atoms with Crippen LogP contribution in [0.25, 0.3) is 0 Å². The van der Waals surface area contributed by atoms with Crippen molar-refractivity contribution in [2.24, 2.45) is 0 Å². The van der Waals surface area contributed by atoms with Crippen LogP contribution in [0.2, 0.25) is 0 Å². The van der Waals surface area contributed by atoms with Crippen molar-refractivity contribution in [1.82, 2.24) is 0 Å². The van der Waals surface area contributed by atoms with Crippen LogP contribution in [0.1, 0.15) is 24.8 Å². The summed E-state index contributed by atoms with van der Waals surface area (Å²) in [5.74, 6) is 6.27. The average molecular weight is 230 g/mol. The third-order valence-electron chi connectivity index (χ3n) is 2.56. The lowest BCUT2D eigenvalue weighted by molar-refractivity contribution is 0.119. The van der Waals surface area contributed by atoms with E-state index in [4.69, 9.17) is 9.47 Å². The molecule has 1 heterocycles. The molecule has 17 heavy (non-hydrogen) atoms. The van der Waals surface area contributed by atoms with Crippen LogP contribution in [-0.2, 0) is 16.1 Å². The highest BCUT2D eigenvalue weighted by atomic mass is 16.6. The van der Waals surface area contributed by atoms with E-state index in [0.717, 1.165) is 32.5 Å². The van der Waals surface area contributed by atoms with Crippen molar-refractivity contribution in [1.29, 1.82) is 0 Å². The molecule has 0 aliphatic carbocycles. The number of hydrogen-bond donors (Lipinski definition) is 0. The molecule has 0 spiro atoms. The first-order chi connectivity index (χ1) is 8.45. The predicted octanol–water partition coefficient (Wildman–Crippen LogP) is 2.78. The van der Waals surface area contributed by atoms with E-state index < -0.39 is 0 Å². The van der Waals surface area contributed by atoms with Gasteiger partial charge in [-0.15, -0.1) is 11.8 Å². The quantitative estimate of drug-likeness (QED) is 0.426. The normalized spacial score (nSPS) is 17.3. The Labute approximate surface area is 103 Å². The fourth-order valence-corrected chi connectivity index (χ4v) is 1.49. The molecule has 1 aliphatic heterocycles. The lowest BCUT2D eigenvalue weighted by Gasteiger charge is -2.02. The molecule has 1 saturated heterocycles. The molecule has 2 rings (SSSR count). The molecular formula is C15H18O2. The van der Waals surface area contributed by atoms with Gasteiger partial charge in [-0.1, -0.05) is 30.3 Å². The van der Waals surface area contributed by atoms with Crippen molar-refractivity contribution in [3.63, 3.8) is 0 Å². The van der Waals surface area contributed by atoms with Crippen molar-refractivity contribution in [2.45, 2.75) is 32.0 Å². The largest absolute Gasteiger partial charge is 0.377 e. The summed E-state index contributed by atoms with van der Waals surface area (Å²) in [6.45, 7) is 2.38. The zero-order chi connectivity index (χ0) is 11.8. The Balaban J connectivity index is 1.46. The minimum absolute atomic E-state index is 0.428. The molecule has 90 valence electrons. The lowest BCUT2D eigenvalue weighted by atomic mass is 10.2. The van der Waals surface area contributed by atoms with E-state index in [0.29, 0.717) is 12.7 Å². The molecule has 2 nitrogen and oxygen atoms in total. The van der Waals surface area contributed by atoms with Gasteiger partial charge in [-0.2, -0.15) is 0 Å². The first-order valence-corrected chi connectivity index (χ1v) is 6.14. The van der Waals surface area contributed by atoms with Crippen molar-refractivity contribution >= 4 is 0 Å². The monoisotopic (exact) mass is 230 g/mol. The van der Waals surface area contributed by atoms with E-state index in [1.807, 2.05) is 18.2 Å². The fraction of sp³-hybridized carbons (Fsp3) is 0.467. The number of benzene rings is 1. The van der Waals surface area contributed by atoms with E-state index in [1.54, 1.807) is 0 Å². The van der Waals surface area contributed by atoms with Crippen LogP contribution < -0.4 is 0 Å². The number of unbranched alkanes of at least 4 members (excludes halogenated alkanes) is 1. The summed E-state index contributed by atoms with van der Waals surface area (Å²) >= 11 is 0. The zero-order valence-corrected chi connectivity index (χ0v) is 10.0. The topological polar surface area (TPSA) is 21.8 Å². The zero-order valence-electron chi connectivity index (χ0n) is 10.0. The molecule has 1 aliphatic rings. The lowest BCUT2D eigenvalue weighted by Crippen LogP contribution is -1.94. The van der Waals surface area contributed by atoms with Crippen LogP contribution in [0.3, 0.4) is 0 Å². The van der Waals surface area contributed by atoms with E-state index in [9.17, 15) is 0 Å². The highest BCUT2D eigenvalue weighted by Crippen LogP contribution is 2.11. The van der Waals surface area contributed by atoms with Crippen LogP contribution in [0.4, 0.5) is 0 Å². The Morgan fingerprint density at radius 1 is 1.24 bits per heavy atom. The Hall–Kier alpha value is -1.30. The fourth-order valence-electron chi connectivity index (χ4n) is 1.49. The molecule has 0 N–H and O–H groups in total. The number of rotatable bonds is 6. The summed E-state index contributed by atoms with van der Waals surface area (Å²) in [6, 6.07) is 10.2. The Kier molecular flexibility index (Phi) is 5.09. The molecule has 1 atom stereocenters. The summed E-state index contributed by atoms with van der Waals surface area (Å²) in [5, 5.41) is 0. The van der Waals surface area contributed by atoms with Crippen LogP contribution in [0, 0.1) is 11.8 Å². The van der Waals surface area contributed by atoms with Crippen molar-refractivity contribution in [2.75, 3.05) is 13.2 Å². The molecule has 2 heteroatoms.